The fraction of sp³-hybridized carbons (Fsp3) is 0.917. The van der Waals surface area contributed by atoms with Crippen LogP contribution in [0.2, 0.25) is 0 Å². The van der Waals surface area contributed by atoms with Crippen LogP contribution in [0, 0.1) is 17.8 Å². The maximum Gasteiger partial charge on any atom is 0.306 e. The summed E-state index contributed by atoms with van der Waals surface area (Å²) in [6.45, 7) is 5.74. The Morgan fingerprint density at radius 3 is 2.67 bits per heavy atom. The standard InChI is InChI=1S/C12H21NO2/c1-2-13-7-11(8-13)9-4-3-5-10(6-9)12(14)15/h9-11H,2-8H2,1H3,(H,14,15). The highest BCUT2D eigenvalue weighted by Crippen LogP contribution is 2.37. The van der Waals surface area contributed by atoms with E-state index in [1.807, 2.05) is 0 Å². The Morgan fingerprint density at radius 1 is 1.33 bits per heavy atom. The lowest BCUT2D eigenvalue weighted by Gasteiger charge is -2.45. The second-order valence-electron chi connectivity index (χ2n) is 5.07. The molecule has 2 unspecified atom stereocenters. The van der Waals surface area contributed by atoms with Gasteiger partial charge in [0.2, 0.25) is 0 Å². The minimum Gasteiger partial charge on any atom is -0.481 e. The summed E-state index contributed by atoms with van der Waals surface area (Å²) in [6, 6.07) is 0. The first-order valence-electron chi connectivity index (χ1n) is 6.16. The second kappa shape index (κ2) is 4.52. The number of nitrogens with zero attached hydrogens (tertiary/aromatic N) is 1. The smallest absolute Gasteiger partial charge is 0.306 e. The first kappa shape index (κ1) is 10.9. The average molecular weight is 211 g/mol. The number of carboxylic acid groups (broad SMARTS) is 1. The van der Waals surface area contributed by atoms with E-state index >= 15 is 0 Å². The Bertz CT molecular complexity index is 236. The zero-order valence-corrected chi connectivity index (χ0v) is 9.48. The van der Waals surface area contributed by atoms with Crippen LogP contribution in [0.25, 0.3) is 0 Å². The lowest BCUT2D eigenvalue weighted by Crippen LogP contribution is -2.50. The van der Waals surface area contributed by atoms with Crippen molar-refractivity contribution in [1.29, 1.82) is 0 Å². The molecule has 2 aliphatic rings. The molecule has 2 atom stereocenters. The zero-order valence-electron chi connectivity index (χ0n) is 9.48. The molecule has 0 radical (unpaired) electrons. The van der Waals surface area contributed by atoms with Gasteiger partial charge in [-0.2, -0.15) is 0 Å². The molecule has 0 bridgehead atoms. The van der Waals surface area contributed by atoms with Crippen molar-refractivity contribution in [2.75, 3.05) is 19.6 Å². The van der Waals surface area contributed by atoms with Crippen LogP contribution in [-0.2, 0) is 4.79 Å². The number of carboxylic acids is 1. The summed E-state index contributed by atoms with van der Waals surface area (Å²) in [5.41, 5.74) is 0. The molecule has 3 nitrogen and oxygen atoms in total. The quantitative estimate of drug-likeness (QED) is 0.774. The monoisotopic (exact) mass is 211 g/mol. The molecule has 0 aromatic rings. The van der Waals surface area contributed by atoms with Crippen LogP contribution in [-0.4, -0.2) is 35.6 Å². The van der Waals surface area contributed by atoms with Crippen LogP contribution in [0.3, 0.4) is 0 Å². The Morgan fingerprint density at radius 2 is 2.07 bits per heavy atom. The van der Waals surface area contributed by atoms with Gasteiger partial charge in [-0.1, -0.05) is 19.8 Å². The predicted octanol–water partition coefficient (Wildman–Crippen LogP) is 1.83. The van der Waals surface area contributed by atoms with Crippen molar-refractivity contribution in [3.63, 3.8) is 0 Å². The topological polar surface area (TPSA) is 40.5 Å². The van der Waals surface area contributed by atoms with Gasteiger partial charge in [0.1, 0.15) is 0 Å². The van der Waals surface area contributed by atoms with E-state index in [4.69, 9.17) is 5.11 Å². The average Bonchev–Trinajstić information content (AvgIpc) is 2.16. The molecule has 3 heteroatoms. The summed E-state index contributed by atoms with van der Waals surface area (Å²) in [5.74, 6) is 0.834. The van der Waals surface area contributed by atoms with Gasteiger partial charge in [0, 0.05) is 13.1 Å². The minimum absolute atomic E-state index is 0.0561. The van der Waals surface area contributed by atoms with Crippen LogP contribution in [0.15, 0.2) is 0 Å². The van der Waals surface area contributed by atoms with Crippen molar-refractivity contribution in [2.45, 2.75) is 32.6 Å². The minimum atomic E-state index is -0.577. The molecular formula is C12H21NO2. The SMILES string of the molecule is CCN1CC(C2CCCC(C(=O)O)C2)C1. The molecule has 0 aromatic carbocycles. The van der Waals surface area contributed by atoms with E-state index in [1.54, 1.807) is 0 Å². The van der Waals surface area contributed by atoms with Crippen molar-refractivity contribution in [2.24, 2.45) is 17.8 Å². The molecule has 2 rings (SSSR count). The van der Waals surface area contributed by atoms with E-state index in [9.17, 15) is 4.79 Å². The van der Waals surface area contributed by atoms with E-state index in [1.165, 1.54) is 19.5 Å². The van der Waals surface area contributed by atoms with E-state index in [0.717, 1.165) is 31.7 Å². The molecule has 1 N–H and O–H groups in total. The van der Waals surface area contributed by atoms with Crippen LogP contribution in [0.4, 0.5) is 0 Å². The molecule has 1 aliphatic heterocycles. The van der Waals surface area contributed by atoms with Crippen molar-refractivity contribution in [3.8, 4) is 0 Å². The van der Waals surface area contributed by atoms with Gasteiger partial charge < -0.3 is 10.0 Å². The largest absolute Gasteiger partial charge is 0.481 e. The van der Waals surface area contributed by atoms with Crippen LogP contribution < -0.4 is 0 Å². The summed E-state index contributed by atoms with van der Waals surface area (Å²) in [4.78, 5) is 13.4. The summed E-state index contributed by atoms with van der Waals surface area (Å²) in [5, 5.41) is 9.02. The maximum absolute atomic E-state index is 10.9. The van der Waals surface area contributed by atoms with Gasteiger partial charge in [0.05, 0.1) is 5.92 Å². The Labute approximate surface area is 91.5 Å². The second-order valence-corrected chi connectivity index (χ2v) is 5.07. The van der Waals surface area contributed by atoms with Crippen LogP contribution >= 0.6 is 0 Å². The first-order chi connectivity index (χ1) is 7.20. The molecule has 1 saturated carbocycles. The van der Waals surface area contributed by atoms with Gasteiger partial charge in [0.15, 0.2) is 0 Å². The van der Waals surface area contributed by atoms with E-state index in [2.05, 4.69) is 11.8 Å². The van der Waals surface area contributed by atoms with Gasteiger partial charge in [-0.25, -0.2) is 0 Å². The van der Waals surface area contributed by atoms with Crippen LogP contribution in [0.1, 0.15) is 32.6 Å². The zero-order chi connectivity index (χ0) is 10.8. The molecule has 1 aliphatic carbocycles. The third-order valence-corrected chi connectivity index (χ3v) is 4.16. The molecule has 1 saturated heterocycles. The highest BCUT2D eigenvalue weighted by molar-refractivity contribution is 5.70. The lowest BCUT2D eigenvalue weighted by molar-refractivity contribution is -0.144. The van der Waals surface area contributed by atoms with Gasteiger partial charge >= 0.3 is 5.97 Å². The Balaban J connectivity index is 1.81. The molecule has 15 heavy (non-hydrogen) atoms. The summed E-state index contributed by atoms with van der Waals surface area (Å²) in [6.07, 6.45) is 4.20. The lowest BCUT2D eigenvalue weighted by atomic mass is 9.72. The van der Waals surface area contributed by atoms with Crippen LogP contribution in [0.5, 0.6) is 0 Å². The fourth-order valence-corrected chi connectivity index (χ4v) is 3.05. The fourth-order valence-electron chi connectivity index (χ4n) is 3.05. The molecule has 0 spiro atoms. The third kappa shape index (κ3) is 2.33. The Kier molecular flexibility index (Phi) is 3.29. The van der Waals surface area contributed by atoms with E-state index in [0.29, 0.717) is 5.92 Å². The number of likely N-dealkylation sites (tertiary alicyclic amines) is 1. The first-order valence-corrected chi connectivity index (χ1v) is 6.16. The summed E-state index contributed by atoms with van der Waals surface area (Å²) < 4.78 is 0. The predicted molar refractivity (Wildman–Crippen MR) is 58.7 cm³/mol. The van der Waals surface area contributed by atoms with Crippen molar-refractivity contribution in [1.82, 2.24) is 4.90 Å². The number of carbonyl (C=O) groups is 1. The number of hydrogen-bond acceptors (Lipinski definition) is 2. The number of hydrogen-bond donors (Lipinski definition) is 1. The van der Waals surface area contributed by atoms with E-state index < -0.39 is 5.97 Å². The highest BCUT2D eigenvalue weighted by atomic mass is 16.4. The molecule has 0 amide bonds. The summed E-state index contributed by atoms with van der Waals surface area (Å²) >= 11 is 0. The Hall–Kier alpha value is -0.570. The highest BCUT2D eigenvalue weighted by Gasteiger charge is 2.36. The van der Waals surface area contributed by atoms with Gasteiger partial charge in [-0.15, -0.1) is 0 Å². The van der Waals surface area contributed by atoms with Gasteiger partial charge in [-0.3, -0.25) is 4.79 Å². The molecule has 1 heterocycles. The molecule has 2 fully saturated rings. The van der Waals surface area contributed by atoms with Gasteiger partial charge in [-0.05, 0) is 31.2 Å². The molecule has 0 aromatic heterocycles. The van der Waals surface area contributed by atoms with Crippen molar-refractivity contribution >= 4 is 5.97 Å². The maximum atomic E-state index is 10.9. The molecule has 86 valence electrons. The number of aliphatic carboxylic acids is 1. The number of rotatable bonds is 3. The summed E-state index contributed by atoms with van der Waals surface area (Å²) in [7, 11) is 0. The third-order valence-electron chi connectivity index (χ3n) is 4.16. The molecular weight excluding hydrogens is 190 g/mol. The van der Waals surface area contributed by atoms with E-state index in [-0.39, 0.29) is 5.92 Å². The normalized spacial score (nSPS) is 33.7. The van der Waals surface area contributed by atoms with Crippen molar-refractivity contribution < 1.29 is 9.90 Å². The van der Waals surface area contributed by atoms with Crippen molar-refractivity contribution in [3.05, 3.63) is 0 Å². The van der Waals surface area contributed by atoms with Gasteiger partial charge in [0.25, 0.3) is 0 Å².